The van der Waals surface area contributed by atoms with Gasteiger partial charge in [0, 0.05) is 41.7 Å². The van der Waals surface area contributed by atoms with Crippen molar-refractivity contribution in [3.05, 3.63) is 41.2 Å². The molecular formula is C22H25FN4OS. The first-order valence-electron chi connectivity index (χ1n) is 10.1. The van der Waals surface area contributed by atoms with Crippen molar-refractivity contribution in [2.24, 2.45) is 5.92 Å². The minimum absolute atomic E-state index is 0.0503. The standard InChI is InChI=1S/C22H25FN4OS/c1-14(23)13-27-7-5-16(6-8-27)21(28)11-20-10-19-9-17(3-4-18(19)12-24-20)22-26-25-15(2)29-22/h3-4,9-10,12,14,16H,5-8,11,13H2,1-2H3/t14-/m1/s1. The van der Waals surface area contributed by atoms with Crippen molar-refractivity contribution >= 4 is 27.9 Å². The van der Waals surface area contributed by atoms with Gasteiger partial charge in [0.25, 0.3) is 0 Å². The van der Waals surface area contributed by atoms with E-state index in [9.17, 15) is 9.18 Å². The second-order valence-electron chi connectivity index (χ2n) is 7.86. The van der Waals surface area contributed by atoms with Crippen LogP contribution < -0.4 is 0 Å². The van der Waals surface area contributed by atoms with Gasteiger partial charge in [-0.1, -0.05) is 23.5 Å². The lowest BCUT2D eigenvalue weighted by Gasteiger charge is -2.31. The smallest absolute Gasteiger partial charge is 0.147 e. The third-order valence-electron chi connectivity index (χ3n) is 5.46. The van der Waals surface area contributed by atoms with Crippen LogP contribution in [0.15, 0.2) is 30.5 Å². The van der Waals surface area contributed by atoms with Crippen LogP contribution >= 0.6 is 11.3 Å². The first-order valence-corrected chi connectivity index (χ1v) is 10.9. The Bertz CT molecular complexity index is 1010. The van der Waals surface area contributed by atoms with Gasteiger partial charge in [0.05, 0.1) is 0 Å². The zero-order chi connectivity index (χ0) is 20.4. The molecule has 2 aromatic heterocycles. The van der Waals surface area contributed by atoms with Gasteiger partial charge in [0.2, 0.25) is 0 Å². The lowest BCUT2D eigenvalue weighted by Crippen LogP contribution is -2.39. The van der Waals surface area contributed by atoms with Gasteiger partial charge in [-0.15, -0.1) is 10.2 Å². The Balaban J connectivity index is 1.44. The molecule has 0 unspecified atom stereocenters. The van der Waals surface area contributed by atoms with Crippen molar-refractivity contribution in [1.29, 1.82) is 0 Å². The summed E-state index contributed by atoms with van der Waals surface area (Å²) in [6, 6.07) is 8.15. The molecule has 0 bridgehead atoms. The fourth-order valence-corrected chi connectivity index (χ4v) is 4.63. The molecule has 5 nitrogen and oxygen atoms in total. The molecule has 0 spiro atoms. The molecule has 1 aliphatic heterocycles. The highest BCUT2D eigenvalue weighted by atomic mass is 32.1. The number of fused-ring (bicyclic) bond motifs is 1. The number of hydrogen-bond donors (Lipinski definition) is 0. The van der Waals surface area contributed by atoms with E-state index in [0.717, 1.165) is 58.0 Å². The van der Waals surface area contributed by atoms with Gasteiger partial charge < -0.3 is 4.90 Å². The first-order chi connectivity index (χ1) is 14.0. The van der Waals surface area contributed by atoms with E-state index in [1.165, 1.54) is 0 Å². The van der Waals surface area contributed by atoms with E-state index in [0.29, 0.717) is 13.0 Å². The van der Waals surface area contributed by atoms with Crippen LogP contribution in [0, 0.1) is 12.8 Å². The van der Waals surface area contributed by atoms with Gasteiger partial charge in [-0.2, -0.15) is 0 Å². The normalized spacial score (nSPS) is 16.9. The third kappa shape index (κ3) is 4.85. The van der Waals surface area contributed by atoms with Crippen molar-refractivity contribution < 1.29 is 9.18 Å². The molecule has 4 rings (SSSR count). The molecule has 0 saturated carbocycles. The molecule has 29 heavy (non-hydrogen) atoms. The lowest BCUT2D eigenvalue weighted by atomic mass is 9.90. The van der Waals surface area contributed by atoms with E-state index in [-0.39, 0.29) is 11.7 Å². The Kier molecular flexibility index (Phi) is 5.96. The Morgan fingerprint density at radius 2 is 2.03 bits per heavy atom. The predicted octanol–water partition coefficient (Wildman–Crippen LogP) is 4.24. The fraction of sp³-hybridized carbons (Fsp3) is 0.455. The highest BCUT2D eigenvalue weighted by Crippen LogP contribution is 2.27. The number of carbonyl (C=O) groups is 1. The van der Waals surface area contributed by atoms with E-state index in [1.54, 1.807) is 18.3 Å². The molecule has 1 aliphatic rings. The molecule has 1 aromatic carbocycles. The van der Waals surface area contributed by atoms with E-state index in [2.05, 4.69) is 26.1 Å². The van der Waals surface area contributed by atoms with Crippen LogP contribution in [0.5, 0.6) is 0 Å². The zero-order valence-corrected chi connectivity index (χ0v) is 17.6. The van der Waals surface area contributed by atoms with Crippen LogP contribution in [0.2, 0.25) is 0 Å². The topological polar surface area (TPSA) is 59.0 Å². The van der Waals surface area contributed by atoms with E-state index in [4.69, 9.17) is 0 Å². The predicted molar refractivity (Wildman–Crippen MR) is 114 cm³/mol. The maximum absolute atomic E-state index is 13.2. The average molecular weight is 413 g/mol. The van der Waals surface area contributed by atoms with Crippen LogP contribution in [-0.4, -0.2) is 51.7 Å². The van der Waals surface area contributed by atoms with Gasteiger partial charge in [-0.05, 0) is 57.3 Å². The van der Waals surface area contributed by atoms with Crippen LogP contribution in [-0.2, 0) is 11.2 Å². The number of alkyl halides is 1. The molecule has 0 aliphatic carbocycles. The number of nitrogens with zero attached hydrogens (tertiary/aromatic N) is 4. The van der Waals surface area contributed by atoms with Crippen molar-refractivity contribution in [1.82, 2.24) is 20.1 Å². The summed E-state index contributed by atoms with van der Waals surface area (Å²) in [6.07, 6.45) is 2.97. The summed E-state index contributed by atoms with van der Waals surface area (Å²) in [4.78, 5) is 19.4. The molecule has 1 atom stereocenters. The number of aryl methyl sites for hydroxylation is 1. The summed E-state index contributed by atoms with van der Waals surface area (Å²) in [6.45, 7) is 5.57. The summed E-state index contributed by atoms with van der Waals surface area (Å²) >= 11 is 1.57. The van der Waals surface area contributed by atoms with Gasteiger partial charge in [0.15, 0.2) is 0 Å². The number of likely N-dealkylation sites (tertiary alicyclic amines) is 1. The van der Waals surface area contributed by atoms with Crippen LogP contribution in [0.4, 0.5) is 4.39 Å². The molecule has 0 N–H and O–H groups in total. The third-order valence-corrected chi connectivity index (χ3v) is 6.35. The number of Topliss-reactive ketones (excluding diaryl/α,β-unsaturated/α-hetero) is 1. The van der Waals surface area contributed by atoms with Crippen molar-refractivity contribution in [3.8, 4) is 10.6 Å². The van der Waals surface area contributed by atoms with Crippen LogP contribution in [0.3, 0.4) is 0 Å². The molecule has 3 heterocycles. The maximum Gasteiger partial charge on any atom is 0.147 e. The van der Waals surface area contributed by atoms with Gasteiger partial charge in [0.1, 0.15) is 22.0 Å². The Hall–Kier alpha value is -2.25. The zero-order valence-electron chi connectivity index (χ0n) is 16.8. The second-order valence-corrected chi connectivity index (χ2v) is 9.04. The number of aromatic nitrogens is 3. The molecule has 1 fully saturated rings. The Morgan fingerprint density at radius 1 is 1.24 bits per heavy atom. The molecule has 1 saturated heterocycles. The molecule has 3 aromatic rings. The quantitative estimate of drug-likeness (QED) is 0.606. The van der Waals surface area contributed by atoms with E-state index in [1.807, 2.05) is 31.3 Å². The van der Waals surface area contributed by atoms with Crippen LogP contribution in [0.1, 0.15) is 30.5 Å². The lowest BCUT2D eigenvalue weighted by molar-refractivity contribution is -0.123. The van der Waals surface area contributed by atoms with Crippen molar-refractivity contribution in [2.45, 2.75) is 39.3 Å². The fourth-order valence-electron chi connectivity index (χ4n) is 3.95. The molecule has 7 heteroatoms. The molecule has 0 radical (unpaired) electrons. The maximum atomic E-state index is 13.2. The average Bonchev–Trinajstić information content (AvgIpc) is 3.14. The summed E-state index contributed by atoms with van der Waals surface area (Å²) in [7, 11) is 0. The monoisotopic (exact) mass is 412 g/mol. The molecular weight excluding hydrogens is 387 g/mol. The highest BCUT2D eigenvalue weighted by molar-refractivity contribution is 7.14. The number of rotatable bonds is 6. The van der Waals surface area contributed by atoms with Crippen LogP contribution in [0.25, 0.3) is 21.3 Å². The number of pyridine rings is 1. The van der Waals surface area contributed by atoms with Crippen molar-refractivity contribution in [3.63, 3.8) is 0 Å². The number of halogens is 1. The summed E-state index contributed by atoms with van der Waals surface area (Å²) in [5.41, 5.74) is 1.83. The van der Waals surface area contributed by atoms with Gasteiger partial charge in [-0.25, -0.2) is 4.39 Å². The number of piperidine rings is 1. The van der Waals surface area contributed by atoms with Gasteiger partial charge >= 0.3 is 0 Å². The van der Waals surface area contributed by atoms with E-state index < -0.39 is 6.17 Å². The SMILES string of the molecule is Cc1nnc(-c2ccc3cnc(CC(=O)C4CCN(C[C@@H](C)F)CC4)cc3c2)s1. The molecule has 0 amide bonds. The Morgan fingerprint density at radius 3 is 2.72 bits per heavy atom. The first kappa shape index (κ1) is 20.0. The minimum Gasteiger partial charge on any atom is -0.300 e. The van der Waals surface area contributed by atoms with Crippen molar-refractivity contribution in [2.75, 3.05) is 19.6 Å². The number of ketones is 1. The summed E-state index contributed by atoms with van der Waals surface area (Å²) in [5, 5.41) is 12.2. The number of hydrogen-bond acceptors (Lipinski definition) is 6. The number of carbonyl (C=O) groups excluding carboxylic acids is 1. The minimum atomic E-state index is -0.821. The molecule has 152 valence electrons. The highest BCUT2D eigenvalue weighted by Gasteiger charge is 2.25. The van der Waals surface area contributed by atoms with Gasteiger partial charge in [-0.3, -0.25) is 9.78 Å². The van der Waals surface area contributed by atoms with E-state index >= 15 is 0 Å². The summed E-state index contributed by atoms with van der Waals surface area (Å²) < 4.78 is 13.2. The second kappa shape index (κ2) is 8.63. The number of benzene rings is 1. The Labute approximate surface area is 174 Å². The largest absolute Gasteiger partial charge is 0.300 e. The summed E-state index contributed by atoms with van der Waals surface area (Å²) in [5.74, 6) is 0.287.